The Morgan fingerprint density at radius 2 is 1.94 bits per heavy atom. The van der Waals surface area contributed by atoms with E-state index in [4.69, 9.17) is 16.3 Å². The summed E-state index contributed by atoms with van der Waals surface area (Å²) in [6.07, 6.45) is -0.706. The first-order chi connectivity index (χ1) is 14.5. The molecule has 1 atom stereocenters. The molecular weight excluding hydrogens is 442 g/mol. The van der Waals surface area contributed by atoms with Gasteiger partial charge in [0, 0.05) is 10.8 Å². The van der Waals surface area contributed by atoms with E-state index >= 15 is 0 Å². The summed E-state index contributed by atoms with van der Waals surface area (Å²) in [4.78, 5) is 43.3. The molecule has 0 saturated heterocycles. The van der Waals surface area contributed by atoms with Crippen LogP contribution in [-0.2, 0) is 16.1 Å². The fourth-order valence-electron chi connectivity index (χ4n) is 2.88. The number of rotatable bonds is 4. The average molecular weight is 464 g/mol. The second-order valence-corrected chi connectivity index (χ2v) is 9.38. The minimum absolute atomic E-state index is 0.131. The normalized spacial score (nSPS) is 16.3. The lowest BCUT2D eigenvalue weighted by Gasteiger charge is -2.26. The molecule has 3 rings (SSSR count). The largest absolute Gasteiger partial charge is 0.477 e. The summed E-state index contributed by atoms with van der Waals surface area (Å²) in [5, 5.41) is 12.5. The number of ether oxygens (including phenoxy) is 1. The van der Waals surface area contributed by atoms with Crippen molar-refractivity contribution >= 4 is 47.2 Å². The number of aromatic nitrogens is 1. The number of amides is 2. The summed E-state index contributed by atoms with van der Waals surface area (Å²) in [5.41, 5.74) is -0.115. The van der Waals surface area contributed by atoms with E-state index in [9.17, 15) is 19.5 Å². The fourth-order valence-corrected chi connectivity index (χ4v) is 4.02. The molecule has 2 amide bonds. The molecule has 1 aromatic carbocycles. The first-order valence-electron chi connectivity index (χ1n) is 9.46. The summed E-state index contributed by atoms with van der Waals surface area (Å²) < 4.78 is 5.29. The molecule has 0 radical (unpaired) electrons. The molecule has 0 fully saturated rings. The predicted octanol–water partition coefficient (Wildman–Crippen LogP) is 3.97. The van der Waals surface area contributed by atoms with Gasteiger partial charge in [-0.15, -0.1) is 11.8 Å². The molecule has 1 aliphatic heterocycles. The summed E-state index contributed by atoms with van der Waals surface area (Å²) in [5.74, 6) is -1.13. The minimum Gasteiger partial charge on any atom is -0.477 e. The van der Waals surface area contributed by atoms with Crippen molar-refractivity contribution in [3.8, 4) is 0 Å². The van der Waals surface area contributed by atoms with E-state index in [0.29, 0.717) is 9.92 Å². The number of nitrogens with one attached hydrogen (secondary N) is 1. The lowest BCUT2D eigenvalue weighted by Crippen LogP contribution is -2.50. The zero-order valence-electron chi connectivity index (χ0n) is 17.2. The number of carboxylic acids is 1. The van der Waals surface area contributed by atoms with E-state index in [1.54, 1.807) is 51.1 Å². The van der Waals surface area contributed by atoms with E-state index in [-0.39, 0.29) is 23.8 Å². The number of pyridine rings is 1. The standard InChI is InChI=1S/C21H22ClN3O5S/c1-21(2,3)30-20(29)24-15-11-31-16-9-8-14(19(27)28)23-17(16)25(18(15)26)10-12-4-6-13(22)7-5-12/h4-9,15H,10-11H2,1-3H3,(H,24,29)(H,27,28)/t15-/m0/s1. The fraction of sp³-hybridized carbons (Fsp3) is 0.333. The second kappa shape index (κ2) is 9.15. The quantitative estimate of drug-likeness (QED) is 0.706. The molecule has 0 aliphatic carbocycles. The molecule has 0 unspecified atom stereocenters. The Morgan fingerprint density at radius 3 is 2.55 bits per heavy atom. The van der Waals surface area contributed by atoms with Gasteiger partial charge in [-0.2, -0.15) is 0 Å². The highest BCUT2D eigenvalue weighted by Crippen LogP contribution is 2.34. The maximum atomic E-state index is 13.4. The van der Waals surface area contributed by atoms with Gasteiger partial charge in [0.2, 0.25) is 0 Å². The van der Waals surface area contributed by atoms with Gasteiger partial charge in [-0.25, -0.2) is 14.6 Å². The van der Waals surface area contributed by atoms with Gasteiger partial charge in [-0.3, -0.25) is 9.69 Å². The van der Waals surface area contributed by atoms with Crippen LogP contribution in [0.5, 0.6) is 0 Å². The smallest absolute Gasteiger partial charge is 0.408 e. The van der Waals surface area contributed by atoms with Crippen LogP contribution in [-0.4, -0.2) is 45.5 Å². The van der Waals surface area contributed by atoms with Gasteiger partial charge in [0.1, 0.15) is 17.5 Å². The number of fused-ring (bicyclic) bond motifs is 1. The maximum absolute atomic E-state index is 13.4. The van der Waals surface area contributed by atoms with E-state index in [1.165, 1.54) is 22.7 Å². The van der Waals surface area contributed by atoms with Crippen LogP contribution in [0.25, 0.3) is 0 Å². The molecule has 0 saturated carbocycles. The van der Waals surface area contributed by atoms with Crippen molar-refractivity contribution in [1.29, 1.82) is 0 Å². The highest BCUT2D eigenvalue weighted by atomic mass is 35.5. The van der Waals surface area contributed by atoms with Crippen molar-refractivity contribution in [1.82, 2.24) is 10.3 Å². The van der Waals surface area contributed by atoms with Crippen molar-refractivity contribution < 1.29 is 24.2 Å². The Labute approximate surface area is 188 Å². The molecule has 2 heterocycles. The summed E-state index contributed by atoms with van der Waals surface area (Å²) >= 11 is 7.27. The Kier molecular flexibility index (Phi) is 6.76. The van der Waals surface area contributed by atoms with Gasteiger partial charge in [-0.05, 0) is 50.6 Å². The maximum Gasteiger partial charge on any atom is 0.408 e. The van der Waals surface area contributed by atoms with Crippen molar-refractivity contribution in [2.24, 2.45) is 0 Å². The van der Waals surface area contributed by atoms with Gasteiger partial charge >= 0.3 is 12.1 Å². The number of benzene rings is 1. The highest BCUT2D eigenvalue weighted by Gasteiger charge is 2.34. The predicted molar refractivity (Wildman–Crippen MR) is 118 cm³/mol. The molecule has 2 N–H and O–H groups in total. The molecule has 164 valence electrons. The molecule has 2 aromatic rings. The van der Waals surface area contributed by atoms with Gasteiger partial charge in [0.25, 0.3) is 5.91 Å². The van der Waals surface area contributed by atoms with Crippen LogP contribution in [0, 0.1) is 0 Å². The molecule has 0 bridgehead atoms. The first kappa shape index (κ1) is 22.9. The van der Waals surface area contributed by atoms with Crippen molar-refractivity contribution in [2.75, 3.05) is 10.7 Å². The number of nitrogens with zero attached hydrogens (tertiary/aromatic N) is 2. The number of halogens is 1. The van der Waals surface area contributed by atoms with Gasteiger partial charge in [-0.1, -0.05) is 23.7 Å². The van der Waals surface area contributed by atoms with Gasteiger partial charge in [0.15, 0.2) is 5.69 Å². The van der Waals surface area contributed by atoms with E-state index in [0.717, 1.165) is 5.56 Å². The van der Waals surface area contributed by atoms with Crippen LogP contribution in [0.4, 0.5) is 10.6 Å². The summed E-state index contributed by atoms with van der Waals surface area (Å²) in [6.45, 7) is 5.33. The third-order valence-electron chi connectivity index (χ3n) is 4.23. The van der Waals surface area contributed by atoms with Crippen molar-refractivity contribution in [3.05, 3.63) is 52.7 Å². The lowest BCUT2D eigenvalue weighted by atomic mass is 10.2. The first-order valence-corrected chi connectivity index (χ1v) is 10.8. The number of carbonyl (C=O) groups is 3. The molecular formula is C21H22ClN3O5S. The number of anilines is 1. The molecule has 1 aromatic heterocycles. The van der Waals surface area contributed by atoms with Gasteiger partial charge < -0.3 is 15.2 Å². The van der Waals surface area contributed by atoms with Crippen molar-refractivity contribution in [2.45, 2.75) is 43.9 Å². The van der Waals surface area contributed by atoms with E-state index in [2.05, 4.69) is 10.3 Å². The van der Waals surface area contributed by atoms with E-state index in [1.807, 2.05) is 0 Å². The number of carboxylic acid groups (broad SMARTS) is 1. The number of carbonyl (C=O) groups excluding carboxylic acids is 2. The number of aromatic carboxylic acids is 1. The van der Waals surface area contributed by atoms with Gasteiger partial charge in [0.05, 0.1) is 11.4 Å². The molecule has 10 heteroatoms. The van der Waals surface area contributed by atoms with Crippen LogP contribution in [0.1, 0.15) is 36.8 Å². The third-order valence-corrected chi connectivity index (χ3v) is 5.61. The average Bonchev–Trinajstić information content (AvgIpc) is 2.80. The third kappa shape index (κ3) is 5.89. The zero-order chi connectivity index (χ0) is 22.8. The van der Waals surface area contributed by atoms with Crippen LogP contribution in [0.2, 0.25) is 5.02 Å². The number of alkyl carbamates (subject to hydrolysis) is 1. The second-order valence-electron chi connectivity index (χ2n) is 7.88. The summed E-state index contributed by atoms with van der Waals surface area (Å²) in [7, 11) is 0. The summed E-state index contributed by atoms with van der Waals surface area (Å²) in [6, 6.07) is 9.07. The lowest BCUT2D eigenvalue weighted by molar-refractivity contribution is -0.120. The number of thioether (sulfide) groups is 1. The Balaban J connectivity index is 1.95. The molecule has 8 nitrogen and oxygen atoms in total. The SMILES string of the molecule is CC(C)(C)OC(=O)N[C@H]1CSc2ccc(C(=O)O)nc2N(Cc2ccc(Cl)cc2)C1=O. The minimum atomic E-state index is -1.20. The molecule has 31 heavy (non-hydrogen) atoms. The highest BCUT2D eigenvalue weighted by molar-refractivity contribution is 7.99. The van der Waals surface area contributed by atoms with Crippen molar-refractivity contribution in [3.63, 3.8) is 0 Å². The topological polar surface area (TPSA) is 109 Å². The zero-order valence-corrected chi connectivity index (χ0v) is 18.8. The van der Waals surface area contributed by atoms with Crippen LogP contribution >= 0.6 is 23.4 Å². The molecule has 1 aliphatic rings. The Morgan fingerprint density at radius 1 is 1.26 bits per heavy atom. The van der Waals surface area contributed by atoms with Crippen LogP contribution < -0.4 is 10.2 Å². The number of hydrogen-bond donors (Lipinski definition) is 2. The van der Waals surface area contributed by atoms with Crippen LogP contribution in [0.3, 0.4) is 0 Å². The monoisotopic (exact) mass is 463 g/mol. The number of hydrogen-bond acceptors (Lipinski definition) is 6. The Bertz CT molecular complexity index is 1010. The van der Waals surface area contributed by atoms with E-state index < -0.39 is 29.6 Å². The molecule has 0 spiro atoms. The Hall–Kier alpha value is -2.78. The van der Waals surface area contributed by atoms with Crippen LogP contribution in [0.15, 0.2) is 41.3 Å².